The summed E-state index contributed by atoms with van der Waals surface area (Å²) in [5, 5.41) is 0. The summed E-state index contributed by atoms with van der Waals surface area (Å²) < 4.78 is 10.8. The third-order valence-electron chi connectivity index (χ3n) is 3.41. The normalized spacial score (nSPS) is 12.3. The van der Waals surface area contributed by atoms with Crippen LogP contribution in [-0.2, 0) is 14.9 Å². The van der Waals surface area contributed by atoms with Crippen molar-refractivity contribution in [1.29, 1.82) is 0 Å². The van der Waals surface area contributed by atoms with E-state index in [1.54, 1.807) is 0 Å². The lowest BCUT2D eigenvalue weighted by atomic mass is 9.72. The monoisotopic (exact) mass is 306 g/mol. The van der Waals surface area contributed by atoms with Gasteiger partial charge >= 0.3 is 0 Å². The summed E-state index contributed by atoms with van der Waals surface area (Å²) in [6.45, 7) is 13.9. The van der Waals surface area contributed by atoms with Gasteiger partial charge in [0.15, 0.2) is 5.78 Å². The molecule has 1 aromatic carbocycles. The molecule has 22 heavy (non-hydrogen) atoms. The molecule has 0 spiro atoms. The molecule has 3 heteroatoms. The molecule has 0 saturated carbocycles. The van der Waals surface area contributed by atoms with Crippen molar-refractivity contribution in [3.05, 3.63) is 29.8 Å². The summed E-state index contributed by atoms with van der Waals surface area (Å²) in [6, 6.07) is 8.28. The van der Waals surface area contributed by atoms with Crippen LogP contribution in [0.25, 0.3) is 0 Å². The standard InChI is InChI=1S/C19H30O3/c1-15(20)13-21-11-12-22-17-9-7-16(8-10-17)19(5,6)14-18(2,3)4/h7-10H,11-14H2,1-6H3. The second-order valence-corrected chi connectivity index (χ2v) is 7.75. The molecule has 0 radical (unpaired) electrons. The third kappa shape index (κ3) is 7.08. The molecule has 0 heterocycles. The van der Waals surface area contributed by atoms with Gasteiger partial charge in [0.1, 0.15) is 19.0 Å². The second kappa shape index (κ2) is 7.77. The van der Waals surface area contributed by atoms with E-state index in [1.165, 1.54) is 12.5 Å². The average molecular weight is 306 g/mol. The first kappa shape index (κ1) is 18.7. The summed E-state index contributed by atoms with van der Waals surface area (Å²) in [5.74, 6) is 0.868. The van der Waals surface area contributed by atoms with Crippen molar-refractivity contribution in [2.24, 2.45) is 5.41 Å². The Morgan fingerprint density at radius 2 is 1.59 bits per heavy atom. The van der Waals surface area contributed by atoms with Gasteiger partial charge in [-0.2, -0.15) is 0 Å². The molecule has 0 aliphatic heterocycles. The topological polar surface area (TPSA) is 35.5 Å². The number of carbonyl (C=O) groups is 1. The number of hydrogen-bond acceptors (Lipinski definition) is 3. The molecule has 0 saturated heterocycles. The average Bonchev–Trinajstić information content (AvgIpc) is 2.35. The van der Waals surface area contributed by atoms with E-state index in [2.05, 4.69) is 46.8 Å². The maximum atomic E-state index is 10.7. The SMILES string of the molecule is CC(=O)COCCOc1ccc(C(C)(C)CC(C)(C)C)cc1. The highest BCUT2D eigenvalue weighted by molar-refractivity contribution is 5.76. The van der Waals surface area contributed by atoms with Gasteiger partial charge < -0.3 is 9.47 Å². The third-order valence-corrected chi connectivity index (χ3v) is 3.41. The van der Waals surface area contributed by atoms with Crippen LogP contribution >= 0.6 is 0 Å². The second-order valence-electron chi connectivity index (χ2n) is 7.75. The van der Waals surface area contributed by atoms with Crippen LogP contribution in [0.4, 0.5) is 0 Å². The van der Waals surface area contributed by atoms with E-state index in [9.17, 15) is 4.79 Å². The molecule has 0 unspecified atom stereocenters. The zero-order valence-corrected chi connectivity index (χ0v) is 14.9. The van der Waals surface area contributed by atoms with Gasteiger partial charge in [-0.15, -0.1) is 0 Å². The highest BCUT2D eigenvalue weighted by Crippen LogP contribution is 2.36. The van der Waals surface area contributed by atoms with Gasteiger partial charge in [-0.3, -0.25) is 4.79 Å². The van der Waals surface area contributed by atoms with Crippen molar-refractivity contribution in [3.8, 4) is 5.75 Å². The van der Waals surface area contributed by atoms with Gasteiger partial charge in [-0.1, -0.05) is 46.8 Å². The first-order valence-corrected chi connectivity index (χ1v) is 7.91. The smallest absolute Gasteiger partial charge is 0.155 e. The van der Waals surface area contributed by atoms with Crippen molar-refractivity contribution in [2.45, 2.75) is 53.4 Å². The highest BCUT2D eigenvalue weighted by atomic mass is 16.5. The van der Waals surface area contributed by atoms with E-state index < -0.39 is 0 Å². The fraction of sp³-hybridized carbons (Fsp3) is 0.632. The van der Waals surface area contributed by atoms with Crippen LogP contribution in [0.1, 0.15) is 53.5 Å². The minimum absolute atomic E-state index is 0.0328. The van der Waals surface area contributed by atoms with Gasteiger partial charge in [-0.25, -0.2) is 0 Å². The molecule has 124 valence electrons. The summed E-state index contributed by atoms with van der Waals surface area (Å²) >= 11 is 0. The summed E-state index contributed by atoms with van der Waals surface area (Å²) in [4.78, 5) is 10.7. The van der Waals surface area contributed by atoms with Crippen molar-refractivity contribution in [1.82, 2.24) is 0 Å². The van der Waals surface area contributed by atoms with E-state index in [0.717, 1.165) is 12.2 Å². The van der Waals surface area contributed by atoms with Gasteiger partial charge in [0.2, 0.25) is 0 Å². The number of carbonyl (C=O) groups excluding carboxylic acids is 1. The van der Waals surface area contributed by atoms with Crippen LogP contribution in [0.15, 0.2) is 24.3 Å². The Balaban J connectivity index is 2.50. The molecule has 0 aliphatic rings. The quantitative estimate of drug-likeness (QED) is 0.668. The Morgan fingerprint density at radius 1 is 1.00 bits per heavy atom. The van der Waals surface area contributed by atoms with Crippen molar-refractivity contribution in [3.63, 3.8) is 0 Å². The summed E-state index contributed by atoms with van der Waals surface area (Å²) in [7, 11) is 0. The first-order chi connectivity index (χ1) is 10.1. The molecule has 0 amide bonds. The fourth-order valence-corrected chi connectivity index (χ4v) is 2.86. The zero-order valence-electron chi connectivity index (χ0n) is 14.9. The van der Waals surface area contributed by atoms with E-state index >= 15 is 0 Å². The maximum absolute atomic E-state index is 10.7. The van der Waals surface area contributed by atoms with Crippen LogP contribution in [0.3, 0.4) is 0 Å². The van der Waals surface area contributed by atoms with Crippen molar-refractivity contribution >= 4 is 5.78 Å². The largest absolute Gasteiger partial charge is 0.491 e. The molecule has 0 fully saturated rings. The van der Waals surface area contributed by atoms with Crippen molar-refractivity contribution < 1.29 is 14.3 Å². The number of ether oxygens (including phenoxy) is 2. The van der Waals surface area contributed by atoms with E-state index in [1.807, 2.05) is 12.1 Å². The van der Waals surface area contributed by atoms with Crippen LogP contribution in [0, 0.1) is 5.41 Å². The number of hydrogen-bond donors (Lipinski definition) is 0. The molecule has 1 aromatic rings. The lowest BCUT2D eigenvalue weighted by Gasteiger charge is -2.33. The van der Waals surface area contributed by atoms with E-state index in [0.29, 0.717) is 18.6 Å². The summed E-state index contributed by atoms with van der Waals surface area (Å²) in [6.07, 6.45) is 1.12. The van der Waals surface area contributed by atoms with Crippen LogP contribution < -0.4 is 4.74 Å². The van der Waals surface area contributed by atoms with Gasteiger partial charge in [0.05, 0.1) is 6.61 Å². The molecule has 0 aromatic heterocycles. The van der Waals surface area contributed by atoms with Gasteiger partial charge in [-0.05, 0) is 41.9 Å². The van der Waals surface area contributed by atoms with Crippen LogP contribution in [0.2, 0.25) is 0 Å². The number of benzene rings is 1. The van der Waals surface area contributed by atoms with E-state index in [-0.39, 0.29) is 17.8 Å². The lowest BCUT2D eigenvalue weighted by Crippen LogP contribution is -2.24. The molecular formula is C19H30O3. The maximum Gasteiger partial charge on any atom is 0.155 e. The predicted octanol–water partition coefficient (Wildman–Crippen LogP) is 4.38. The summed E-state index contributed by atoms with van der Waals surface area (Å²) in [5.41, 5.74) is 1.76. The number of Topliss-reactive ketones (excluding diaryl/α,β-unsaturated/α-hetero) is 1. The molecular weight excluding hydrogens is 276 g/mol. The zero-order chi connectivity index (χ0) is 16.8. The van der Waals surface area contributed by atoms with Crippen LogP contribution in [0.5, 0.6) is 5.75 Å². The lowest BCUT2D eigenvalue weighted by molar-refractivity contribution is -0.121. The molecule has 1 rings (SSSR count). The Hall–Kier alpha value is -1.35. The van der Waals surface area contributed by atoms with Crippen LogP contribution in [-0.4, -0.2) is 25.6 Å². The Kier molecular flexibility index (Phi) is 6.61. The van der Waals surface area contributed by atoms with Gasteiger partial charge in [0.25, 0.3) is 0 Å². The van der Waals surface area contributed by atoms with Gasteiger partial charge in [0, 0.05) is 0 Å². The molecule has 0 N–H and O–H groups in total. The Morgan fingerprint density at radius 3 is 2.09 bits per heavy atom. The first-order valence-electron chi connectivity index (χ1n) is 7.91. The minimum Gasteiger partial charge on any atom is -0.491 e. The minimum atomic E-state index is 0.0328. The molecule has 0 atom stereocenters. The number of rotatable bonds is 8. The molecule has 0 bridgehead atoms. The molecule has 0 aliphatic carbocycles. The fourth-order valence-electron chi connectivity index (χ4n) is 2.86. The number of ketones is 1. The Labute approximate surface area is 135 Å². The molecule has 3 nitrogen and oxygen atoms in total. The van der Waals surface area contributed by atoms with E-state index in [4.69, 9.17) is 9.47 Å². The predicted molar refractivity (Wildman–Crippen MR) is 90.5 cm³/mol. The Bertz CT molecular complexity index is 466. The highest BCUT2D eigenvalue weighted by Gasteiger charge is 2.27. The van der Waals surface area contributed by atoms with Crippen molar-refractivity contribution in [2.75, 3.05) is 19.8 Å².